The summed E-state index contributed by atoms with van der Waals surface area (Å²) >= 11 is 3.10. The summed E-state index contributed by atoms with van der Waals surface area (Å²) in [5.74, 6) is -0.818. The molecule has 1 aromatic heterocycles. The lowest BCUT2D eigenvalue weighted by Gasteiger charge is -2.10. The summed E-state index contributed by atoms with van der Waals surface area (Å²) in [5, 5.41) is 9.52. The van der Waals surface area contributed by atoms with E-state index < -0.39 is 5.97 Å². The van der Waals surface area contributed by atoms with Gasteiger partial charge in [-0.3, -0.25) is 0 Å². The lowest BCUT2D eigenvalue weighted by atomic mass is 9.96. The van der Waals surface area contributed by atoms with E-state index in [2.05, 4.69) is 0 Å². The molecule has 3 N–H and O–H groups in total. The van der Waals surface area contributed by atoms with Gasteiger partial charge in [0, 0.05) is 15.5 Å². The fraction of sp³-hybridized carbons (Fsp3) is 0.267. The van der Waals surface area contributed by atoms with Crippen molar-refractivity contribution in [2.75, 3.05) is 5.73 Å². The van der Waals surface area contributed by atoms with Crippen LogP contribution in [-0.2, 0) is 12.8 Å². The molecule has 0 spiro atoms. The number of hydrogen-bond donors (Lipinski definition) is 2. The number of para-hydroxylation sites is 1. The minimum Gasteiger partial charge on any atom is -0.478 e. The van der Waals surface area contributed by atoms with Crippen LogP contribution in [0.5, 0.6) is 0 Å². The first kappa shape index (κ1) is 13.5. The fourth-order valence-corrected chi connectivity index (χ4v) is 5.20. The van der Waals surface area contributed by atoms with Gasteiger partial charge in [-0.1, -0.05) is 23.9 Å². The van der Waals surface area contributed by atoms with Crippen molar-refractivity contribution in [1.82, 2.24) is 0 Å². The molecule has 5 heteroatoms. The molecule has 3 nitrogen and oxygen atoms in total. The van der Waals surface area contributed by atoms with Crippen LogP contribution >= 0.6 is 23.1 Å². The predicted octanol–water partition coefficient (Wildman–Crippen LogP) is 4.06. The van der Waals surface area contributed by atoms with Gasteiger partial charge in [-0.15, -0.1) is 11.3 Å². The maximum absolute atomic E-state index is 11.6. The van der Waals surface area contributed by atoms with E-state index in [1.165, 1.54) is 16.6 Å². The number of rotatable bonds is 3. The van der Waals surface area contributed by atoms with Crippen LogP contribution in [-0.4, -0.2) is 11.1 Å². The van der Waals surface area contributed by atoms with Gasteiger partial charge >= 0.3 is 5.97 Å². The fourth-order valence-electron chi connectivity index (χ4n) is 2.50. The quantitative estimate of drug-likeness (QED) is 0.839. The largest absolute Gasteiger partial charge is 0.478 e. The number of fused-ring (bicyclic) bond motifs is 1. The second-order valence-electron chi connectivity index (χ2n) is 4.82. The number of nitrogen functional groups attached to an aromatic ring is 1. The molecule has 0 amide bonds. The van der Waals surface area contributed by atoms with Gasteiger partial charge in [0.15, 0.2) is 0 Å². The number of carboxylic acid groups (broad SMARTS) is 1. The van der Waals surface area contributed by atoms with Gasteiger partial charge in [0.05, 0.1) is 9.77 Å². The standard InChI is InChI=1S/C15H15NO2S2/c16-10-6-2-4-8-12(10)20-15-13(14(17)18)9-5-1-3-7-11(9)19-15/h2,4,6,8H,1,3,5,7,16H2,(H,17,18). The Bertz CT molecular complexity index is 664. The second kappa shape index (κ2) is 5.50. The van der Waals surface area contributed by atoms with Gasteiger partial charge in [0.25, 0.3) is 0 Å². The zero-order valence-corrected chi connectivity index (χ0v) is 12.5. The summed E-state index contributed by atoms with van der Waals surface area (Å²) < 4.78 is 0.863. The molecule has 0 atom stereocenters. The molecule has 3 rings (SSSR count). The van der Waals surface area contributed by atoms with Crippen LogP contribution in [0.1, 0.15) is 33.6 Å². The smallest absolute Gasteiger partial charge is 0.338 e. The van der Waals surface area contributed by atoms with Crippen molar-refractivity contribution in [1.29, 1.82) is 0 Å². The van der Waals surface area contributed by atoms with Crippen LogP contribution in [0.2, 0.25) is 0 Å². The molecule has 0 saturated heterocycles. The molecule has 1 aromatic carbocycles. The Balaban J connectivity index is 2.03. The molecule has 0 radical (unpaired) electrons. The van der Waals surface area contributed by atoms with E-state index in [4.69, 9.17) is 5.73 Å². The summed E-state index contributed by atoms with van der Waals surface area (Å²) in [6.45, 7) is 0. The van der Waals surface area contributed by atoms with Crippen molar-refractivity contribution in [2.24, 2.45) is 0 Å². The summed E-state index contributed by atoms with van der Waals surface area (Å²) in [5.41, 5.74) is 8.19. The molecule has 0 saturated carbocycles. The van der Waals surface area contributed by atoms with Crippen molar-refractivity contribution >= 4 is 34.8 Å². The number of anilines is 1. The lowest BCUT2D eigenvalue weighted by molar-refractivity contribution is 0.0692. The SMILES string of the molecule is Nc1ccccc1Sc1sc2c(c1C(=O)O)CCCC2. The van der Waals surface area contributed by atoms with E-state index in [9.17, 15) is 9.90 Å². The highest BCUT2D eigenvalue weighted by Crippen LogP contribution is 2.43. The van der Waals surface area contributed by atoms with Crippen LogP contribution in [0.4, 0.5) is 5.69 Å². The number of nitrogens with two attached hydrogens (primary N) is 1. The van der Waals surface area contributed by atoms with E-state index in [1.807, 2.05) is 24.3 Å². The van der Waals surface area contributed by atoms with E-state index in [0.29, 0.717) is 11.3 Å². The molecule has 0 unspecified atom stereocenters. The Morgan fingerprint density at radius 3 is 2.75 bits per heavy atom. The highest BCUT2D eigenvalue weighted by molar-refractivity contribution is 8.01. The summed E-state index contributed by atoms with van der Waals surface area (Å²) in [7, 11) is 0. The zero-order valence-electron chi connectivity index (χ0n) is 10.9. The molecule has 2 aromatic rings. The van der Waals surface area contributed by atoms with Crippen LogP contribution in [0.3, 0.4) is 0 Å². The summed E-state index contributed by atoms with van der Waals surface area (Å²) in [6.07, 6.45) is 4.13. The van der Waals surface area contributed by atoms with Crippen LogP contribution in [0, 0.1) is 0 Å². The Morgan fingerprint density at radius 1 is 1.25 bits per heavy atom. The third-order valence-electron chi connectivity index (χ3n) is 3.47. The molecule has 1 aliphatic carbocycles. The van der Waals surface area contributed by atoms with Crippen molar-refractivity contribution in [2.45, 2.75) is 34.8 Å². The molecule has 0 fully saturated rings. The van der Waals surface area contributed by atoms with Gasteiger partial charge < -0.3 is 10.8 Å². The summed E-state index contributed by atoms with van der Waals surface area (Å²) in [6, 6.07) is 7.59. The normalized spacial score (nSPS) is 14.0. The maximum Gasteiger partial charge on any atom is 0.338 e. The summed E-state index contributed by atoms with van der Waals surface area (Å²) in [4.78, 5) is 13.8. The van der Waals surface area contributed by atoms with E-state index >= 15 is 0 Å². The van der Waals surface area contributed by atoms with Crippen LogP contribution in [0.15, 0.2) is 33.4 Å². The molecule has 0 aliphatic heterocycles. The first-order chi connectivity index (χ1) is 9.66. The Morgan fingerprint density at radius 2 is 2.00 bits per heavy atom. The van der Waals surface area contributed by atoms with E-state index in [-0.39, 0.29) is 0 Å². The monoisotopic (exact) mass is 305 g/mol. The highest BCUT2D eigenvalue weighted by Gasteiger charge is 2.25. The third kappa shape index (κ3) is 2.43. The molecule has 20 heavy (non-hydrogen) atoms. The zero-order chi connectivity index (χ0) is 14.1. The van der Waals surface area contributed by atoms with E-state index in [1.54, 1.807) is 11.3 Å². The average molecular weight is 305 g/mol. The minimum absolute atomic E-state index is 0.498. The molecule has 0 bridgehead atoms. The third-order valence-corrected chi connectivity index (χ3v) is 6.04. The topological polar surface area (TPSA) is 63.3 Å². The molecular formula is C15H15NO2S2. The second-order valence-corrected chi connectivity index (χ2v) is 7.23. The van der Waals surface area contributed by atoms with Crippen molar-refractivity contribution in [3.8, 4) is 0 Å². The highest BCUT2D eigenvalue weighted by atomic mass is 32.2. The first-order valence-electron chi connectivity index (χ1n) is 6.57. The van der Waals surface area contributed by atoms with Crippen molar-refractivity contribution in [3.63, 3.8) is 0 Å². The Hall–Kier alpha value is -1.46. The number of hydrogen-bond acceptors (Lipinski definition) is 4. The molecule has 1 heterocycles. The first-order valence-corrected chi connectivity index (χ1v) is 8.20. The lowest BCUT2D eigenvalue weighted by Crippen LogP contribution is -2.05. The minimum atomic E-state index is -0.818. The van der Waals surface area contributed by atoms with Gasteiger partial charge in [-0.2, -0.15) is 0 Å². The number of aryl methyl sites for hydroxylation is 1. The maximum atomic E-state index is 11.6. The van der Waals surface area contributed by atoms with Crippen LogP contribution in [0.25, 0.3) is 0 Å². The van der Waals surface area contributed by atoms with Gasteiger partial charge in [0.2, 0.25) is 0 Å². The van der Waals surface area contributed by atoms with Crippen molar-refractivity contribution < 1.29 is 9.90 Å². The van der Waals surface area contributed by atoms with Gasteiger partial charge in [-0.25, -0.2) is 4.79 Å². The number of benzene rings is 1. The number of carbonyl (C=O) groups is 1. The average Bonchev–Trinajstić information content (AvgIpc) is 2.79. The molecule has 1 aliphatic rings. The Labute approximate surface area is 125 Å². The molecule has 104 valence electrons. The Kier molecular flexibility index (Phi) is 3.72. The van der Waals surface area contributed by atoms with Crippen molar-refractivity contribution in [3.05, 3.63) is 40.3 Å². The van der Waals surface area contributed by atoms with Crippen LogP contribution < -0.4 is 5.73 Å². The number of carboxylic acids is 1. The van der Waals surface area contributed by atoms with E-state index in [0.717, 1.165) is 40.4 Å². The number of aromatic carboxylic acids is 1. The molecular weight excluding hydrogens is 290 g/mol. The van der Waals surface area contributed by atoms with Gasteiger partial charge in [-0.05, 0) is 43.4 Å². The predicted molar refractivity (Wildman–Crippen MR) is 82.9 cm³/mol. The number of thiophene rings is 1. The van der Waals surface area contributed by atoms with Gasteiger partial charge in [0.1, 0.15) is 0 Å².